The summed E-state index contributed by atoms with van der Waals surface area (Å²) < 4.78 is 11.1. The maximum Gasteiger partial charge on any atom is 0.226 e. The summed E-state index contributed by atoms with van der Waals surface area (Å²) in [7, 11) is 5.59. The van der Waals surface area contributed by atoms with Crippen molar-refractivity contribution in [3.63, 3.8) is 0 Å². The number of amides is 1. The van der Waals surface area contributed by atoms with Crippen LogP contribution in [0, 0.1) is 18.3 Å². The molecule has 166 valence electrons. The highest BCUT2D eigenvalue weighted by Gasteiger charge is 2.59. The van der Waals surface area contributed by atoms with Gasteiger partial charge in [0.05, 0.1) is 14.2 Å². The molecule has 4 rings (SSSR count). The van der Waals surface area contributed by atoms with Crippen molar-refractivity contribution in [2.75, 3.05) is 60.5 Å². The van der Waals surface area contributed by atoms with E-state index in [1.165, 1.54) is 5.56 Å². The second-order valence-corrected chi connectivity index (χ2v) is 9.46. The molecule has 1 atom stereocenters. The van der Waals surface area contributed by atoms with Crippen LogP contribution in [0.3, 0.4) is 0 Å². The Bertz CT molecular complexity index is 773. The van der Waals surface area contributed by atoms with Crippen molar-refractivity contribution in [2.45, 2.75) is 39.2 Å². The van der Waals surface area contributed by atoms with E-state index < -0.39 is 0 Å². The Morgan fingerprint density at radius 1 is 1.07 bits per heavy atom. The van der Waals surface area contributed by atoms with Crippen LogP contribution in [0.1, 0.15) is 36.8 Å². The number of benzene rings is 1. The molecular weight excluding hydrogens is 378 g/mol. The van der Waals surface area contributed by atoms with Crippen LogP contribution in [0.5, 0.6) is 11.5 Å². The molecule has 3 aliphatic rings. The van der Waals surface area contributed by atoms with Gasteiger partial charge in [-0.25, -0.2) is 0 Å². The first-order valence-corrected chi connectivity index (χ1v) is 11.4. The topological polar surface area (TPSA) is 45.2 Å². The number of likely N-dealkylation sites (N-methyl/N-ethyl adjacent to an activating group) is 1. The van der Waals surface area contributed by atoms with Gasteiger partial charge in [0.25, 0.3) is 0 Å². The molecule has 1 amide bonds. The molecule has 1 spiro atoms. The lowest BCUT2D eigenvalue weighted by Crippen LogP contribution is -2.39. The van der Waals surface area contributed by atoms with Gasteiger partial charge in [0.15, 0.2) is 0 Å². The van der Waals surface area contributed by atoms with Crippen LogP contribution in [0.4, 0.5) is 0 Å². The molecule has 0 aromatic heterocycles. The zero-order chi connectivity index (χ0) is 21.3. The van der Waals surface area contributed by atoms with Crippen molar-refractivity contribution >= 4 is 5.91 Å². The fourth-order valence-electron chi connectivity index (χ4n) is 5.49. The lowest BCUT2D eigenvalue weighted by atomic mass is 9.90. The van der Waals surface area contributed by atoms with Crippen molar-refractivity contribution in [3.8, 4) is 11.5 Å². The predicted molar refractivity (Wildman–Crippen MR) is 118 cm³/mol. The minimum atomic E-state index is 0.265. The molecule has 30 heavy (non-hydrogen) atoms. The molecule has 6 nitrogen and oxygen atoms in total. The van der Waals surface area contributed by atoms with Crippen LogP contribution in [0.25, 0.3) is 0 Å². The molecule has 1 saturated carbocycles. The molecule has 3 fully saturated rings. The number of nitrogens with zero attached hydrogens (tertiary/aromatic N) is 3. The number of carbonyl (C=O) groups is 1. The van der Waals surface area contributed by atoms with Crippen molar-refractivity contribution < 1.29 is 14.3 Å². The van der Waals surface area contributed by atoms with E-state index >= 15 is 0 Å². The van der Waals surface area contributed by atoms with Gasteiger partial charge in [-0.3, -0.25) is 9.69 Å². The first kappa shape index (κ1) is 21.4. The van der Waals surface area contributed by atoms with Crippen LogP contribution in [-0.4, -0.2) is 81.1 Å². The Labute approximate surface area is 181 Å². The molecule has 1 aromatic rings. The lowest BCUT2D eigenvalue weighted by molar-refractivity contribution is -0.133. The highest BCUT2D eigenvalue weighted by Crippen LogP contribution is 2.60. The summed E-state index contributed by atoms with van der Waals surface area (Å²) in [5.74, 6) is 2.49. The van der Waals surface area contributed by atoms with Gasteiger partial charge in [0.2, 0.25) is 5.91 Å². The third kappa shape index (κ3) is 4.17. The van der Waals surface area contributed by atoms with Gasteiger partial charge < -0.3 is 19.3 Å². The van der Waals surface area contributed by atoms with E-state index in [0.717, 1.165) is 88.6 Å². The second-order valence-electron chi connectivity index (χ2n) is 9.46. The Morgan fingerprint density at radius 3 is 2.53 bits per heavy atom. The smallest absolute Gasteiger partial charge is 0.226 e. The van der Waals surface area contributed by atoms with E-state index in [9.17, 15) is 4.79 Å². The summed E-state index contributed by atoms with van der Waals surface area (Å²) >= 11 is 0. The molecular formula is C24H37N3O3. The monoisotopic (exact) mass is 415 g/mol. The van der Waals surface area contributed by atoms with Crippen molar-refractivity contribution in [1.82, 2.24) is 14.7 Å². The third-order valence-corrected chi connectivity index (χ3v) is 7.63. The molecule has 1 aliphatic carbocycles. The molecule has 1 aromatic carbocycles. The first-order valence-electron chi connectivity index (χ1n) is 11.4. The number of methoxy groups -OCH3 is 2. The van der Waals surface area contributed by atoms with E-state index in [1.807, 2.05) is 13.0 Å². The summed E-state index contributed by atoms with van der Waals surface area (Å²) in [4.78, 5) is 20.1. The number of piperidine rings is 1. The van der Waals surface area contributed by atoms with Crippen LogP contribution in [0.15, 0.2) is 12.1 Å². The van der Waals surface area contributed by atoms with Gasteiger partial charge >= 0.3 is 0 Å². The molecule has 2 saturated heterocycles. The zero-order valence-corrected chi connectivity index (χ0v) is 19.1. The number of hydrogen-bond donors (Lipinski definition) is 0. The van der Waals surface area contributed by atoms with Gasteiger partial charge in [0, 0.05) is 43.2 Å². The van der Waals surface area contributed by atoms with Crippen molar-refractivity contribution in [2.24, 2.45) is 11.3 Å². The van der Waals surface area contributed by atoms with Crippen molar-refractivity contribution in [1.29, 1.82) is 0 Å². The van der Waals surface area contributed by atoms with Gasteiger partial charge in [0.1, 0.15) is 11.5 Å². The van der Waals surface area contributed by atoms with Crippen molar-refractivity contribution in [3.05, 3.63) is 23.3 Å². The average Bonchev–Trinajstić information content (AvgIpc) is 3.49. The van der Waals surface area contributed by atoms with E-state index in [0.29, 0.717) is 5.91 Å². The van der Waals surface area contributed by atoms with Gasteiger partial charge in [-0.2, -0.15) is 0 Å². The average molecular weight is 416 g/mol. The fourth-order valence-corrected chi connectivity index (χ4v) is 5.49. The fraction of sp³-hybridized carbons (Fsp3) is 0.708. The van der Waals surface area contributed by atoms with Crippen LogP contribution >= 0.6 is 0 Å². The third-order valence-electron chi connectivity index (χ3n) is 7.63. The van der Waals surface area contributed by atoms with Crippen LogP contribution < -0.4 is 9.47 Å². The highest BCUT2D eigenvalue weighted by atomic mass is 16.5. The minimum Gasteiger partial charge on any atom is -0.496 e. The van der Waals surface area contributed by atoms with Gasteiger partial charge in [-0.15, -0.1) is 0 Å². The normalized spacial score (nSPS) is 24.5. The summed E-state index contributed by atoms with van der Waals surface area (Å²) in [6, 6.07) is 4.15. The maximum absolute atomic E-state index is 13.1. The Hall–Kier alpha value is -1.79. The van der Waals surface area contributed by atoms with E-state index in [1.54, 1.807) is 14.2 Å². The SMILES string of the molecule is COc1ccc(CN2CCC3(CC2)CC3C(=O)N2CCCN(C)CC2)c(OC)c1C. The number of likely N-dealkylation sites (tertiary alicyclic amines) is 1. The Balaban J connectivity index is 1.33. The molecule has 2 heterocycles. The number of carbonyl (C=O) groups excluding carboxylic acids is 1. The maximum atomic E-state index is 13.1. The molecule has 6 heteroatoms. The molecule has 1 unspecified atom stereocenters. The molecule has 0 radical (unpaired) electrons. The summed E-state index contributed by atoms with van der Waals surface area (Å²) in [6.07, 6.45) is 4.46. The summed E-state index contributed by atoms with van der Waals surface area (Å²) in [5, 5.41) is 0. The number of ether oxygens (including phenoxy) is 2. The summed E-state index contributed by atoms with van der Waals surface area (Å²) in [5.41, 5.74) is 2.54. The molecule has 2 aliphatic heterocycles. The first-order chi connectivity index (χ1) is 14.5. The zero-order valence-electron chi connectivity index (χ0n) is 19.1. The van der Waals surface area contributed by atoms with Crippen LogP contribution in [-0.2, 0) is 11.3 Å². The Kier molecular flexibility index (Phi) is 6.26. The molecule has 0 bridgehead atoms. The predicted octanol–water partition coefficient (Wildman–Crippen LogP) is 2.78. The Morgan fingerprint density at radius 2 is 1.83 bits per heavy atom. The van der Waals surface area contributed by atoms with Gasteiger partial charge in [-0.05, 0) is 70.8 Å². The highest BCUT2D eigenvalue weighted by molar-refractivity contribution is 5.82. The number of rotatable bonds is 5. The van der Waals surface area contributed by atoms with E-state index in [4.69, 9.17) is 9.47 Å². The number of hydrogen-bond acceptors (Lipinski definition) is 5. The largest absolute Gasteiger partial charge is 0.496 e. The summed E-state index contributed by atoms with van der Waals surface area (Å²) in [6.45, 7) is 8.98. The minimum absolute atomic E-state index is 0.265. The quantitative estimate of drug-likeness (QED) is 0.740. The lowest BCUT2D eigenvalue weighted by Gasteiger charge is -2.34. The standard InChI is InChI=1S/C24H37N3O3/c1-18-21(29-3)7-6-19(22(18)30-4)17-26-12-8-24(9-13-26)16-20(24)23(28)27-11-5-10-25(2)14-15-27/h6-7,20H,5,8-17H2,1-4H3. The van der Waals surface area contributed by atoms with E-state index in [2.05, 4.69) is 27.8 Å². The van der Waals surface area contributed by atoms with E-state index in [-0.39, 0.29) is 11.3 Å². The van der Waals surface area contributed by atoms with Gasteiger partial charge in [-0.1, -0.05) is 6.07 Å². The van der Waals surface area contributed by atoms with Crippen LogP contribution in [0.2, 0.25) is 0 Å². The molecule has 0 N–H and O–H groups in total. The second kappa shape index (κ2) is 8.75.